The molecule has 4 aromatic rings. The number of benzene rings is 2. The SMILES string of the molecule is COc1cccc(Oc2c(C(F)(F)F)oc3cc(OC(=O)c4cccnc4)ccc3c2=O)c1. The van der Waals surface area contributed by atoms with Crippen LogP contribution in [-0.2, 0) is 6.18 Å². The molecule has 168 valence electrons. The second-order valence-electron chi connectivity index (χ2n) is 6.66. The minimum absolute atomic E-state index is 0.0477. The number of esters is 1. The van der Waals surface area contributed by atoms with Crippen LogP contribution in [0.4, 0.5) is 13.2 Å². The molecule has 2 aromatic heterocycles. The maximum Gasteiger partial charge on any atom is 0.453 e. The molecule has 0 radical (unpaired) electrons. The first-order valence-electron chi connectivity index (χ1n) is 9.38. The lowest BCUT2D eigenvalue weighted by molar-refractivity contribution is -0.154. The van der Waals surface area contributed by atoms with Crippen molar-refractivity contribution >= 4 is 16.9 Å². The van der Waals surface area contributed by atoms with E-state index in [2.05, 4.69) is 4.98 Å². The molecule has 0 aliphatic carbocycles. The van der Waals surface area contributed by atoms with Crippen molar-refractivity contribution in [1.82, 2.24) is 4.98 Å². The smallest absolute Gasteiger partial charge is 0.453 e. The topological polar surface area (TPSA) is 87.9 Å². The van der Waals surface area contributed by atoms with Gasteiger partial charge in [0.05, 0.1) is 18.1 Å². The Morgan fingerprint density at radius 1 is 1.00 bits per heavy atom. The molecule has 0 aliphatic heterocycles. The minimum Gasteiger partial charge on any atom is -0.497 e. The highest BCUT2D eigenvalue weighted by atomic mass is 19.4. The second-order valence-corrected chi connectivity index (χ2v) is 6.66. The van der Waals surface area contributed by atoms with E-state index in [1.807, 2.05) is 0 Å². The zero-order valence-electron chi connectivity index (χ0n) is 16.9. The van der Waals surface area contributed by atoms with Crippen LogP contribution in [0, 0.1) is 0 Å². The summed E-state index contributed by atoms with van der Waals surface area (Å²) in [5.41, 5.74) is -1.34. The number of alkyl halides is 3. The van der Waals surface area contributed by atoms with Crippen LogP contribution in [0.3, 0.4) is 0 Å². The number of ether oxygens (including phenoxy) is 3. The fourth-order valence-electron chi connectivity index (χ4n) is 2.93. The third kappa shape index (κ3) is 4.64. The van der Waals surface area contributed by atoms with Gasteiger partial charge in [-0.3, -0.25) is 9.78 Å². The molecule has 0 N–H and O–H groups in total. The summed E-state index contributed by atoms with van der Waals surface area (Å²) in [5, 5.41) is -0.193. The van der Waals surface area contributed by atoms with Gasteiger partial charge in [0.2, 0.25) is 11.2 Å². The van der Waals surface area contributed by atoms with Gasteiger partial charge in [0.1, 0.15) is 22.8 Å². The van der Waals surface area contributed by atoms with Crippen molar-refractivity contribution < 1.29 is 36.6 Å². The number of nitrogens with zero attached hydrogens (tertiary/aromatic N) is 1. The van der Waals surface area contributed by atoms with Crippen LogP contribution in [0.25, 0.3) is 11.0 Å². The molecule has 33 heavy (non-hydrogen) atoms. The molecule has 10 heteroatoms. The molecule has 7 nitrogen and oxygen atoms in total. The Bertz CT molecular complexity index is 1380. The van der Waals surface area contributed by atoms with Gasteiger partial charge in [-0.15, -0.1) is 0 Å². The van der Waals surface area contributed by atoms with E-state index in [1.165, 1.54) is 62.0 Å². The molecule has 0 fully saturated rings. The average Bonchev–Trinajstić information content (AvgIpc) is 2.80. The first kappa shape index (κ1) is 21.9. The number of hydrogen-bond donors (Lipinski definition) is 0. The average molecular weight is 457 g/mol. The summed E-state index contributed by atoms with van der Waals surface area (Å²) in [6.45, 7) is 0. The molecule has 0 saturated carbocycles. The van der Waals surface area contributed by atoms with Crippen molar-refractivity contribution in [3.05, 3.63) is 88.5 Å². The molecule has 0 amide bonds. The molecule has 4 rings (SSSR count). The van der Waals surface area contributed by atoms with Gasteiger partial charge in [-0.1, -0.05) is 6.07 Å². The maximum absolute atomic E-state index is 13.7. The second kappa shape index (κ2) is 8.65. The lowest BCUT2D eigenvalue weighted by Gasteiger charge is -2.14. The molecule has 2 aromatic carbocycles. The van der Waals surface area contributed by atoms with Crippen LogP contribution in [0.15, 0.2) is 76.2 Å². The van der Waals surface area contributed by atoms with Crippen LogP contribution >= 0.6 is 0 Å². The predicted molar refractivity (Wildman–Crippen MR) is 110 cm³/mol. The van der Waals surface area contributed by atoms with Crippen molar-refractivity contribution in [2.45, 2.75) is 6.18 Å². The lowest BCUT2D eigenvalue weighted by Crippen LogP contribution is -2.15. The Morgan fingerprint density at radius 3 is 2.48 bits per heavy atom. The molecule has 2 heterocycles. The van der Waals surface area contributed by atoms with Gasteiger partial charge >= 0.3 is 12.1 Å². The summed E-state index contributed by atoms with van der Waals surface area (Å²) in [7, 11) is 1.38. The van der Waals surface area contributed by atoms with Gasteiger partial charge in [0.25, 0.3) is 5.76 Å². The van der Waals surface area contributed by atoms with Crippen molar-refractivity contribution in [3.63, 3.8) is 0 Å². The predicted octanol–water partition coefficient (Wildman–Crippen LogP) is 5.23. The van der Waals surface area contributed by atoms with Crippen LogP contribution < -0.4 is 19.6 Å². The first-order valence-corrected chi connectivity index (χ1v) is 9.38. The molecule has 0 unspecified atom stereocenters. The third-order valence-electron chi connectivity index (χ3n) is 4.45. The largest absolute Gasteiger partial charge is 0.497 e. The Morgan fingerprint density at radius 2 is 1.79 bits per heavy atom. The fraction of sp³-hybridized carbons (Fsp3) is 0.0870. The van der Waals surface area contributed by atoms with Crippen LogP contribution in [0.1, 0.15) is 16.1 Å². The minimum atomic E-state index is -5.04. The Hall–Kier alpha value is -4.34. The summed E-state index contributed by atoms with van der Waals surface area (Å²) in [6, 6.07) is 12.2. The number of rotatable bonds is 5. The van der Waals surface area contributed by atoms with Gasteiger partial charge in [0, 0.05) is 24.5 Å². The Kier molecular flexibility index (Phi) is 5.74. The number of pyridine rings is 1. The van der Waals surface area contributed by atoms with Gasteiger partial charge in [-0.2, -0.15) is 13.2 Å². The number of hydrogen-bond acceptors (Lipinski definition) is 7. The highest BCUT2D eigenvalue weighted by molar-refractivity contribution is 5.91. The summed E-state index contributed by atoms with van der Waals surface area (Å²) >= 11 is 0. The molecular formula is C23H14F3NO6. The number of methoxy groups -OCH3 is 1. The highest BCUT2D eigenvalue weighted by Crippen LogP contribution is 2.39. The number of fused-ring (bicyclic) bond motifs is 1. The van der Waals surface area contributed by atoms with E-state index >= 15 is 0 Å². The van der Waals surface area contributed by atoms with E-state index in [-0.39, 0.29) is 22.4 Å². The zero-order valence-corrected chi connectivity index (χ0v) is 16.9. The number of carbonyl (C=O) groups is 1. The van der Waals surface area contributed by atoms with Crippen LogP contribution in [0.2, 0.25) is 0 Å². The molecule has 0 atom stereocenters. The highest BCUT2D eigenvalue weighted by Gasteiger charge is 2.40. The van der Waals surface area contributed by atoms with Crippen LogP contribution in [-0.4, -0.2) is 18.1 Å². The van der Waals surface area contributed by atoms with Crippen molar-refractivity contribution in [2.24, 2.45) is 0 Å². The monoisotopic (exact) mass is 457 g/mol. The maximum atomic E-state index is 13.7. The third-order valence-corrected chi connectivity index (χ3v) is 4.45. The molecular weight excluding hydrogens is 443 g/mol. The summed E-state index contributed by atoms with van der Waals surface area (Å²) < 4.78 is 61.6. The first-order chi connectivity index (χ1) is 15.8. The quantitative estimate of drug-likeness (QED) is 0.300. The van der Waals surface area contributed by atoms with E-state index in [4.69, 9.17) is 18.6 Å². The molecule has 0 aliphatic rings. The van der Waals surface area contributed by atoms with Gasteiger partial charge in [-0.05, 0) is 36.4 Å². The van der Waals surface area contributed by atoms with Gasteiger partial charge in [-0.25, -0.2) is 4.79 Å². The van der Waals surface area contributed by atoms with Gasteiger partial charge in [0.15, 0.2) is 0 Å². The summed E-state index contributed by atoms with van der Waals surface area (Å²) in [4.78, 5) is 28.9. The normalized spacial score (nSPS) is 11.3. The summed E-state index contributed by atoms with van der Waals surface area (Å²) in [6.07, 6.45) is -2.30. The van der Waals surface area contributed by atoms with Crippen LogP contribution in [0.5, 0.6) is 23.0 Å². The molecule has 0 bridgehead atoms. The Balaban J connectivity index is 1.76. The van der Waals surface area contributed by atoms with Crippen molar-refractivity contribution in [3.8, 4) is 23.0 Å². The number of halogens is 3. The standard InChI is InChI=1S/C23H14F3NO6/c1-30-14-5-2-6-15(10-14)31-20-19(28)17-8-7-16(11-18(17)33-21(20)23(24,25)26)32-22(29)13-4-3-9-27-12-13/h2-12H,1H3. The fourth-order valence-corrected chi connectivity index (χ4v) is 2.93. The zero-order chi connectivity index (χ0) is 23.6. The molecule has 0 saturated heterocycles. The number of aromatic nitrogens is 1. The Labute approximate surface area is 184 Å². The van der Waals surface area contributed by atoms with Crippen molar-refractivity contribution in [2.75, 3.05) is 7.11 Å². The molecule has 0 spiro atoms. The van der Waals surface area contributed by atoms with E-state index in [0.717, 1.165) is 6.07 Å². The number of carbonyl (C=O) groups excluding carboxylic acids is 1. The van der Waals surface area contributed by atoms with E-state index in [1.54, 1.807) is 6.07 Å². The summed E-state index contributed by atoms with van der Waals surface area (Å²) in [5.74, 6) is -3.27. The van der Waals surface area contributed by atoms with E-state index in [0.29, 0.717) is 5.75 Å². The van der Waals surface area contributed by atoms with Crippen molar-refractivity contribution in [1.29, 1.82) is 0 Å². The lowest BCUT2D eigenvalue weighted by atomic mass is 10.2. The van der Waals surface area contributed by atoms with E-state index in [9.17, 15) is 22.8 Å². The van der Waals surface area contributed by atoms with E-state index < -0.39 is 34.7 Å². The van der Waals surface area contributed by atoms with Gasteiger partial charge < -0.3 is 18.6 Å².